The molecular formula is C32H36N8O2. The minimum absolute atomic E-state index is 0.320. The van der Waals surface area contributed by atoms with E-state index >= 15 is 0 Å². The number of piperazine rings is 1. The van der Waals surface area contributed by atoms with E-state index in [1.807, 2.05) is 18.2 Å². The van der Waals surface area contributed by atoms with E-state index in [-0.39, 0.29) is 5.91 Å². The molecule has 1 saturated heterocycles. The number of nitrogens with one attached hydrogen (secondary N) is 1. The van der Waals surface area contributed by atoms with Gasteiger partial charge in [0.25, 0.3) is 5.91 Å². The van der Waals surface area contributed by atoms with Crippen LogP contribution < -0.4 is 15.8 Å². The van der Waals surface area contributed by atoms with Gasteiger partial charge in [-0.25, -0.2) is 9.97 Å². The number of methoxy groups -OCH3 is 1. The minimum atomic E-state index is -0.320. The number of rotatable bonds is 6. The Bertz CT molecular complexity index is 1640. The second kappa shape index (κ2) is 11.8. The average Bonchev–Trinajstić information content (AvgIpc) is 3.43. The molecule has 1 aliphatic carbocycles. The lowest BCUT2D eigenvalue weighted by molar-refractivity contribution is 0.0828. The van der Waals surface area contributed by atoms with Gasteiger partial charge in [0.2, 0.25) is 0 Å². The number of likely N-dealkylation sites (N-methyl/N-ethyl adjacent to an activating group) is 1. The molecule has 2 fully saturated rings. The molecule has 1 aliphatic heterocycles. The number of fused-ring (bicyclic) bond motifs is 1. The van der Waals surface area contributed by atoms with Crippen LogP contribution in [0.4, 0.5) is 11.5 Å². The molecule has 10 nitrogen and oxygen atoms in total. The summed E-state index contributed by atoms with van der Waals surface area (Å²) in [6.45, 7) is 4.58. The summed E-state index contributed by atoms with van der Waals surface area (Å²) in [6, 6.07) is 15.3. The van der Waals surface area contributed by atoms with Crippen LogP contribution >= 0.6 is 0 Å². The molecule has 42 heavy (non-hydrogen) atoms. The second-order valence-electron chi connectivity index (χ2n) is 11.3. The molecule has 10 heteroatoms. The van der Waals surface area contributed by atoms with E-state index in [0.29, 0.717) is 40.5 Å². The Hall–Kier alpha value is -4.46. The summed E-state index contributed by atoms with van der Waals surface area (Å²) >= 11 is 0. The van der Waals surface area contributed by atoms with Gasteiger partial charge < -0.3 is 25.3 Å². The zero-order valence-corrected chi connectivity index (χ0v) is 24.1. The van der Waals surface area contributed by atoms with Crippen LogP contribution in [0.25, 0.3) is 22.2 Å². The van der Waals surface area contributed by atoms with E-state index in [1.165, 1.54) is 19.2 Å². The number of carbonyl (C=O) groups is 1. The fourth-order valence-corrected chi connectivity index (χ4v) is 6.38. The zero-order chi connectivity index (χ0) is 29.2. The third-order valence-corrected chi connectivity index (χ3v) is 8.77. The fraction of sp³-hybridized carbons (Fsp3) is 0.375. The van der Waals surface area contributed by atoms with Crippen LogP contribution in [0.1, 0.15) is 47.6 Å². The maximum Gasteiger partial charge on any atom is 0.255 e. The first-order valence-electron chi connectivity index (χ1n) is 14.5. The van der Waals surface area contributed by atoms with Crippen LogP contribution in [0.3, 0.4) is 0 Å². The predicted molar refractivity (Wildman–Crippen MR) is 163 cm³/mol. The lowest BCUT2D eigenvalue weighted by Gasteiger charge is -2.41. The van der Waals surface area contributed by atoms with Gasteiger partial charge in [-0.1, -0.05) is 12.1 Å². The zero-order valence-electron chi connectivity index (χ0n) is 24.1. The highest BCUT2D eigenvalue weighted by atomic mass is 16.5. The van der Waals surface area contributed by atoms with Crippen LogP contribution in [0.2, 0.25) is 0 Å². The number of anilines is 2. The molecule has 0 atom stereocenters. The molecule has 2 aliphatic rings. The highest BCUT2D eigenvalue weighted by Crippen LogP contribution is 2.40. The highest BCUT2D eigenvalue weighted by Gasteiger charge is 2.30. The van der Waals surface area contributed by atoms with Crippen LogP contribution in [-0.2, 0) is 0 Å². The van der Waals surface area contributed by atoms with Crippen LogP contribution in [-0.4, -0.2) is 76.6 Å². The Morgan fingerprint density at radius 1 is 1.05 bits per heavy atom. The number of aromatic nitrogens is 3. The van der Waals surface area contributed by atoms with Crippen molar-refractivity contribution in [2.24, 2.45) is 0 Å². The van der Waals surface area contributed by atoms with E-state index in [1.54, 1.807) is 31.4 Å². The molecule has 6 rings (SSSR count). The number of nitriles is 1. The number of nitrogen functional groups attached to an aromatic ring is 1. The first-order chi connectivity index (χ1) is 20.4. The Kier molecular flexibility index (Phi) is 7.78. The number of hydrogen-bond donors (Lipinski definition) is 2. The van der Waals surface area contributed by atoms with E-state index in [9.17, 15) is 10.1 Å². The molecule has 3 N–H and O–H groups in total. The standard InChI is InChI=1S/C32H36N8O2/c1-38-12-14-39(15-13-38)24-7-9-25(10-8-24)40-19-26(29-30(34)35-20-36-31(29)40)22-6-11-27(28(17-22)42-2)37-32(41)23-5-3-4-21(16-23)18-33/h3-6,11,16-17,19-20,24-25H,7-10,12-15H2,1-2H3,(H,37,41)(H2,34,35,36). The van der Waals surface area contributed by atoms with Gasteiger partial charge in [-0.15, -0.1) is 0 Å². The van der Waals surface area contributed by atoms with Crippen molar-refractivity contribution < 1.29 is 9.53 Å². The largest absolute Gasteiger partial charge is 0.495 e. The summed E-state index contributed by atoms with van der Waals surface area (Å²) in [4.78, 5) is 27.0. The fourth-order valence-electron chi connectivity index (χ4n) is 6.38. The number of hydrogen-bond acceptors (Lipinski definition) is 8. The van der Waals surface area contributed by atoms with Crippen LogP contribution in [0.15, 0.2) is 55.0 Å². The molecule has 1 amide bonds. The molecular weight excluding hydrogens is 528 g/mol. The SMILES string of the molecule is COc1cc(-c2cn(C3CCC(N4CCN(C)CC4)CC3)c3ncnc(N)c23)ccc1NC(=O)c1cccc(C#N)c1. The lowest BCUT2D eigenvalue weighted by Crippen LogP contribution is -2.49. The Morgan fingerprint density at radius 2 is 1.81 bits per heavy atom. The molecule has 3 heterocycles. The quantitative estimate of drug-likeness (QED) is 0.350. The number of benzene rings is 2. The Labute approximate surface area is 245 Å². The second-order valence-corrected chi connectivity index (χ2v) is 11.3. The summed E-state index contributed by atoms with van der Waals surface area (Å²) < 4.78 is 7.97. The van der Waals surface area contributed by atoms with Crippen molar-refractivity contribution in [2.75, 3.05) is 51.4 Å². The summed E-state index contributed by atoms with van der Waals surface area (Å²) in [5.41, 5.74) is 10.5. The molecule has 0 spiro atoms. The number of amides is 1. The molecule has 0 radical (unpaired) electrons. The van der Waals surface area contributed by atoms with Crippen molar-refractivity contribution in [3.8, 4) is 22.9 Å². The lowest BCUT2D eigenvalue weighted by atomic mass is 9.89. The first kappa shape index (κ1) is 27.7. The number of nitrogens with two attached hydrogens (primary N) is 1. The van der Waals surface area contributed by atoms with Gasteiger partial charge in [0.15, 0.2) is 0 Å². The summed E-state index contributed by atoms with van der Waals surface area (Å²) in [6.07, 6.45) is 8.20. The van der Waals surface area contributed by atoms with Gasteiger partial charge in [0, 0.05) is 55.6 Å². The van der Waals surface area contributed by atoms with E-state index in [4.69, 9.17) is 10.5 Å². The number of nitrogens with zero attached hydrogens (tertiary/aromatic N) is 6. The van der Waals surface area contributed by atoms with Gasteiger partial charge in [0.1, 0.15) is 23.5 Å². The average molecular weight is 565 g/mol. The predicted octanol–water partition coefficient (Wildman–Crippen LogP) is 4.54. The molecule has 0 unspecified atom stereocenters. The third kappa shape index (κ3) is 5.41. The molecule has 0 bridgehead atoms. The molecule has 216 valence electrons. The van der Waals surface area contributed by atoms with E-state index < -0.39 is 0 Å². The van der Waals surface area contributed by atoms with E-state index in [2.05, 4.69) is 49.0 Å². The van der Waals surface area contributed by atoms with E-state index in [0.717, 1.165) is 61.2 Å². The maximum atomic E-state index is 12.9. The smallest absolute Gasteiger partial charge is 0.255 e. The first-order valence-corrected chi connectivity index (χ1v) is 14.5. The number of carbonyl (C=O) groups excluding carboxylic acids is 1. The van der Waals surface area contributed by atoms with Crippen molar-refractivity contribution >= 4 is 28.4 Å². The molecule has 4 aromatic rings. The monoisotopic (exact) mass is 564 g/mol. The van der Waals surface area contributed by atoms with Crippen molar-refractivity contribution in [3.05, 3.63) is 66.1 Å². The van der Waals surface area contributed by atoms with Crippen LogP contribution in [0.5, 0.6) is 5.75 Å². The van der Waals surface area contributed by atoms with Crippen molar-refractivity contribution in [2.45, 2.75) is 37.8 Å². The highest BCUT2D eigenvalue weighted by molar-refractivity contribution is 6.06. The van der Waals surface area contributed by atoms with Crippen molar-refractivity contribution in [1.29, 1.82) is 5.26 Å². The maximum absolute atomic E-state index is 12.9. The topological polar surface area (TPSA) is 125 Å². The van der Waals surface area contributed by atoms with Gasteiger partial charge >= 0.3 is 0 Å². The normalized spacial score (nSPS) is 19.8. The van der Waals surface area contributed by atoms with Gasteiger partial charge in [-0.3, -0.25) is 9.69 Å². The summed E-state index contributed by atoms with van der Waals surface area (Å²) in [7, 11) is 3.77. The molecule has 2 aromatic carbocycles. The Balaban J connectivity index is 1.26. The third-order valence-electron chi connectivity index (χ3n) is 8.77. The van der Waals surface area contributed by atoms with Gasteiger partial charge in [-0.2, -0.15) is 5.26 Å². The Morgan fingerprint density at radius 3 is 2.55 bits per heavy atom. The summed E-state index contributed by atoms with van der Waals surface area (Å²) in [5.74, 6) is 0.634. The molecule has 2 aromatic heterocycles. The summed E-state index contributed by atoms with van der Waals surface area (Å²) in [5, 5.41) is 12.9. The number of ether oxygens (including phenoxy) is 1. The van der Waals surface area contributed by atoms with Gasteiger partial charge in [-0.05, 0) is 68.6 Å². The molecule has 1 saturated carbocycles. The van der Waals surface area contributed by atoms with Crippen LogP contribution in [0, 0.1) is 11.3 Å². The van der Waals surface area contributed by atoms with Crippen molar-refractivity contribution in [3.63, 3.8) is 0 Å². The van der Waals surface area contributed by atoms with Crippen molar-refractivity contribution in [1.82, 2.24) is 24.3 Å². The van der Waals surface area contributed by atoms with Gasteiger partial charge in [0.05, 0.1) is 29.8 Å². The minimum Gasteiger partial charge on any atom is -0.495 e.